The molecule has 5 nitrogen and oxygen atoms in total. The summed E-state index contributed by atoms with van der Waals surface area (Å²) >= 11 is 3.33. The van der Waals surface area contributed by atoms with Gasteiger partial charge >= 0.3 is 0 Å². The van der Waals surface area contributed by atoms with E-state index in [1.165, 1.54) is 4.31 Å². The molecule has 1 amide bonds. The smallest absolute Gasteiger partial charge is 0.243 e. The Labute approximate surface area is 132 Å². The Morgan fingerprint density at radius 1 is 1.38 bits per heavy atom. The molecule has 2 fully saturated rings. The lowest BCUT2D eigenvalue weighted by atomic mass is 9.93. The molecule has 1 aromatic carbocycles. The average Bonchev–Trinajstić information content (AvgIpc) is 2.83. The first-order chi connectivity index (χ1) is 9.91. The van der Waals surface area contributed by atoms with E-state index in [9.17, 15) is 13.2 Å². The Hall–Kier alpha value is -0.920. The Balaban J connectivity index is 2.01. The van der Waals surface area contributed by atoms with Crippen molar-refractivity contribution in [2.45, 2.75) is 30.7 Å². The highest BCUT2D eigenvalue weighted by molar-refractivity contribution is 9.10. The van der Waals surface area contributed by atoms with Crippen LogP contribution in [0.1, 0.15) is 18.4 Å². The summed E-state index contributed by atoms with van der Waals surface area (Å²) in [5, 5.41) is 2.79. The number of piperidine rings is 1. The molecule has 2 saturated heterocycles. The summed E-state index contributed by atoms with van der Waals surface area (Å²) in [5.74, 6) is -0.230. The fourth-order valence-corrected chi connectivity index (χ4v) is 5.65. The number of benzene rings is 1. The van der Waals surface area contributed by atoms with Gasteiger partial charge in [-0.05, 0) is 37.5 Å². The van der Waals surface area contributed by atoms with Crippen molar-refractivity contribution in [2.24, 2.45) is 5.92 Å². The van der Waals surface area contributed by atoms with Crippen molar-refractivity contribution in [1.82, 2.24) is 9.62 Å². The molecule has 0 spiro atoms. The maximum atomic E-state index is 13.0. The monoisotopic (exact) mass is 372 g/mol. The predicted octanol–water partition coefficient (Wildman–Crippen LogP) is 1.66. The van der Waals surface area contributed by atoms with Gasteiger partial charge < -0.3 is 5.32 Å². The zero-order chi connectivity index (χ0) is 15.2. The molecule has 114 valence electrons. The van der Waals surface area contributed by atoms with E-state index in [1.807, 2.05) is 6.07 Å². The van der Waals surface area contributed by atoms with Crippen LogP contribution >= 0.6 is 15.9 Å². The van der Waals surface area contributed by atoms with E-state index in [4.69, 9.17) is 0 Å². The van der Waals surface area contributed by atoms with Crippen LogP contribution in [-0.4, -0.2) is 37.8 Å². The first-order valence-corrected chi connectivity index (χ1v) is 9.20. The fourth-order valence-electron chi connectivity index (χ4n) is 3.19. The summed E-state index contributed by atoms with van der Waals surface area (Å²) in [6, 6.07) is 5.00. The van der Waals surface area contributed by atoms with Crippen LogP contribution in [0.3, 0.4) is 0 Å². The fraction of sp³-hybridized carbons (Fsp3) is 0.500. The average molecular weight is 373 g/mol. The summed E-state index contributed by atoms with van der Waals surface area (Å²) in [4.78, 5) is 12.1. The number of hydrogen-bond acceptors (Lipinski definition) is 3. The van der Waals surface area contributed by atoms with Gasteiger partial charge in [-0.2, -0.15) is 4.31 Å². The van der Waals surface area contributed by atoms with Crippen LogP contribution in [0.2, 0.25) is 0 Å². The molecule has 0 aromatic heterocycles. The number of sulfonamides is 1. The number of carbonyl (C=O) groups is 1. The van der Waals surface area contributed by atoms with Crippen LogP contribution in [-0.2, 0) is 14.8 Å². The number of carbonyl (C=O) groups excluding carboxylic acids is 1. The Morgan fingerprint density at radius 2 is 2.14 bits per heavy atom. The van der Waals surface area contributed by atoms with Crippen molar-refractivity contribution < 1.29 is 13.2 Å². The van der Waals surface area contributed by atoms with E-state index in [0.717, 1.165) is 22.9 Å². The van der Waals surface area contributed by atoms with Crippen LogP contribution in [0.4, 0.5) is 0 Å². The van der Waals surface area contributed by atoms with Gasteiger partial charge in [-0.25, -0.2) is 8.42 Å². The molecule has 0 saturated carbocycles. The molecular weight excluding hydrogens is 356 g/mol. The number of fused-ring (bicyclic) bond motifs is 1. The molecule has 2 aliphatic rings. The number of aryl methyl sites for hydroxylation is 1. The van der Waals surface area contributed by atoms with Crippen LogP contribution in [0.15, 0.2) is 27.6 Å². The maximum Gasteiger partial charge on any atom is 0.243 e. The van der Waals surface area contributed by atoms with Crippen molar-refractivity contribution in [1.29, 1.82) is 0 Å². The standard InChI is InChI=1S/C14H17BrN2O3S/c1-9-4-5-10(15)7-13(9)21(19,20)17-6-2-3-11-12(17)8-16-14(11)18/h4-5,7,11-12H,2-3,6,8H2,1H3,(H,16,18). The highest BCUT2D eigenvalue weighted by Gasteiger charge is 2.45. The van der Waals surface area contributed by atoms with Gasteiger partial charge in [-0.1, -0.05) is 22.0 Å². The zero-order valence-electron chi connectivity index (χ0n) is 11.7. The molecule has 1 aromatic rings. The van der Waals surface area contributed by atoms with Crippen LogP contribution < -0.4 is 5.32 Å². The Kier molecular flexibility index (Phi) is 3.83. The molecular formula is C14H17BrN2O3S. The molecule has 3 rings (SSSR count). The van der Waals surface area contributed by atoms with Crippen molar-refractivity contribution in [3.8, 4) is 0 Å². The largest absolute Gasteiger partial charge is 0.354 e. The Bertz CT molecular complexity index is 689. The van der Waals surface area contributed by atoms with Gasteiger partial charge in [0.25, 0.3) is 0 Å². The van der Waals surface area contributed by atoms with Gasteiger partial charge in [0.1, 0.15) is 0 Å². The predicted molar refractivity (Wildman–Crippen MR) is 82.3 cm³/mol. The highest BCUT2D eigenvalue weighted by atomic mass is 79.9. The molecule has 7 heteroatoms. The molecule has 2 aliphatic heterocycles. The van der Waals surface area contributed by atoms with Gasteiger partial charge in [0.15, 0.2) is 0 Å². The third kappa shape index (κ3) is 2.51. The zero-order valence-corrected chi connectivity index (χ0v) is 14.1. The van der Waals surface area contributed by atoms with E-state index in [0.29, 0.717) is 18.0 Å². The number of halogens is 1. The van der Waals surface area contributed by atoms with E-state index >= 15 is 0 Å². The molecule has 0 aliphatic carbocycles. The summed E-state index contributed by atoms with van der Waals surface area (Å²) in [5.41, 5.74) is 0.720. The second-order valence-electron chi connectivity index (χ2n) is 5.59. The Morgan fingerprint density at radius 3 is 2.90 bits per heavy atom. The number of rotatable bonds is 2. The summed E-state index contributed by atoms with van der Waals surface area (Å²) in [6.45, 7) is 2.68. The first kappa shape index (κ1) is 15.0. The number of nitrogens with one attached hydrogen (secondary N) is 1. The van der Waals surface area contributed by atoms with Crippen molar-refractivity contribution in [2.75, 3.05) is 13.1 Å². The molecule has 1 N–H and O–H groups in total. The first-order valence-electron chi connectivity index (χ1n) is 6.97. The highest BCUT2D eigenvalue weighted by Crippen LogP contribution is 2.33. The lowest BCUT2D eigenvalue weighted by Gasteiger charge is -2.35. The van der Waals surface area contributed by atoms with Gasteiger partial charge in [0.05, 0.1) is 16.9 Å². The van der Waals surface area contributed by atoms with E-state index in [-0.39, 0.29) is 17.9 Å². The minimum absolute atomic E-state index is 0.0223. The number of amides is 1. The molecule has 0 bridgehead atoms. The lowest BCUT2D eigenvalue weighted by Crippen LogP contribution is -2.48. The summed E-state index contributed by atoms with van der Waals surface area (Å²) in [6.07, 6.45) is 1.49. The number of hydrogen-bond donors (Lipinski definition) is 1. The molecule has 21 heavy (non-hydrogen) atoms. The third-order valence-corrected chi connectivity index (χ3v) is 6.85. The van der Waals surface area contributed by atoms with Crippen LogP contribution in [0.25, 0.3) is 0 Å². The maximum absolute atomic E-state index is 13.0. The summed E-state index contributed by atoms with van der Waals surface area (Å²) < 4.78 is 28.2. The van der Waals surface area contributed by atoms with Crippen molar-refractivity contribution in [3.05, 3.63) is 28.2 Å². The molecule has 2 heterocycles. The van der Waals surface area contributed by atoms with Gasteiger partial charge in [0, 0.05) is 17.6 Å². The van der Waals surface area contributed by atoms with Gasteiger partial charge in [-0.3, -0.25) is 4.79 Å². The van der Waals surface area contributed by atoms with E-state index in [2.05, 4.69) is 21.2 Å². The molecule has 0 radical (unpaired) electrons. The summed E-state index contributed by atoms with van der Waals surface area (Å²) in [7, 11) is -3.58. The molecule has 2 atom stereocenters. The van der Waals surface area contributed by atoms with Gasteiger partial charge in [0.2, 0.25) is 15.9 Å². The van der Waals surface area contributed by atoms with Crippen LogP contribution in [0, 0.1) is 12.8 Å². The quantitative estimate of drug-likeness (QED) is 0.858. The SMILES string of the molecule is Cc1ccc(Br)cc1S(=O)(=O)N1CCCC2C(=O)NCC21. The van der Waals surface area contributed by atoms with Gasteiger partial charge in [-0.15, -0.1) is 0 Å². The molecule has 2 unspecified atom stereocenters. The lowest BCUT2D eigenvalue weighted by molar-refractivity contribution is -0.123. The second kappa shape index (κ2) is 5.37. The second-order valence-corrected chi connectivity index (χ2v) is 8.36. The van der Waals surface area contributed by atoms with E-state index in [1.54, 1.807) is 19.1 Å². The topological polar surface area (TPSA) is 66.5 Å². The third-order valence-electron chi connectivity index (χ3n) is 4.29. The number of nitrogens with zero attached hydrogens (tertiary/aromatic N) is 1. The minimum atomic E-state index is -3.58. The van der Waals surface area contributed by atoms with Crippen molar-refractivity contribution in [3.63, 3.8) is 0 Å². The normalized spacial score (nSPS) is 26.5. The minimum Gasteiger partial charge on any atom is -0.354 e. The van der Waals surface area contributed by atoms with E-state index < -0.39 is 10.0 Å². The van der Waals surface area contributed by atoms with Crippen LogP contribution in [0.5, 0.6) is 0 Å². The van der Waals surface area contributed by atoms with Crippen molar-refractivity contribution >= 4 is 31.9 Å².